The molecule has 3 nitrogen and oxygen atoms in total. The molecule has 3 rings (SSSR count). The van der Waals surface area contributed by atoms with Gasteiger partial charge < -0.3 is 15.2 Å². The highest BCUT2D eigenvalue weighted by Gasteiger charge is 2.21. The highest BCUT2D eigenvalue weighted by molar-refractivity contribution is 5.89. The van der Waals surface area contributed by atoms with Crippen molar-refractivity contribution < 1.29 is 9.47 Å². The fourth-order valence-corrected chi connectivity index (χ4v) is 2.52. The third-order valence-electron chi connectivity index (χ3n) is 3.57. The van der Waals surface area contributed by atoms with Crippen LogP contribution in [0.3, 0.4) is 0 Å². The van der Waals surface area contributed by atoms with Crippen LogP contribution in [0, 0.1) is 0 Å². The lowest BCUT2D eigenvalue weighted by Crippen LogP contribution is -2.18. The van der Waals surface area contributed by atoms with E-state index in [1.165, 1.54) is 5.39 Å². The summed E-state index contributed by atoms with van der Waals surface area (Å²) < 4.78 is 11.6. The number of nitrogens with two attached hydrogens (primary N) is 1. The summed E-state index contributed by atoms with van der Waals surface area (Å²) in [4.78, 5) is 0. The SMILES string of the molecule is CC(N)c1ccc2ccccc2c1OC1CCOC1. The van der Waals surface area contributed by atoms with Crippen molar-refractivity contribution in [2.24, 2.45) is 5.73 Å². The lowest BCUT2D eigenvalue weighted by atomic mass is 10.0. The molecule has 19 heavy (non-hydrogen) atoms. The molecule has 2 aromatic rings. The second kappa shape index (κ2) is 5.19. The zero-order valence-electron chi connectivity index (χ0n) is 11.1. The van der Waals surface area contributed by atoms with Crippen LogP contribution in [0.2, 0.25) is 0 Å². The van der Waals surface area contributed by atoms with Crippen molar-refractivity contribution in [3.05, 3.63) is 42.0 Å². The Kier molecular flexibility index (Phi) is 3.40. The first-order valence-corrected chi connectivity index (χ1v) is 6.77. The first-order valence-electron chi connectivity index (χ1n) is 6.77. The van der Waals surface area contributed by atoms with Gasteiger partial charge in [0.15, 0.2) is 0 Å². The quantitative estimate of drug-likeness (QED) is 0.919. The molecule has 2 N–H and O–H groups in total. The van der Waals surface area contributed by atoms with Crippen LogP contribution in [0.4, 0.5) is 0 Å². The number of benzene rings is 2. The molecule has 0 spiro atoms. The van der Waals surface area contributed by atoms with Gasteiger partial charge in [-0.2, -0.15) is 0 Å². The van der Waals surface area contributed by atoms with E-state index in [0.29, 0.717) is 6.61 Å². The number of ether oxygens (including phenoxy) is 2. The molecule has 1 heterocycles. The van der Waals surface area contributed by atoms with Crippen LogP contribution < -0.4 is 10.5 Å². The Morgan fingerprint density at radius 3 is 2.84 bits per heavy atom. The Bertz CT molecular complexity index is 574. The van der Waals surface area contributed by atoms with Crippen molar-refractivity contribution in [1.82, 2.24) is 0 Å². The Morgan fingerprint density at radius 1 is 1.26 bits per heavy atom. The minimum Gasteiger partial charge on any atom is -0.487 e. The van der Waals surface area contributed by atoms with Gasteiger partial charge >= 0.3 is 0 Å². The van der Waals surface area contributed by atoms with Crippen molar-refractivity contribution in [3.8, 4) is 5.75 Å². The van der Waals surface area contributed by atoms with Gasteiger partial charge in [0.2, 0.25) is 0 Å². The van der Waals surface area contributed by atoms with E-state index in [4.69, 9.17) is 15.2 Å². The minimum atomic E-state index is -0.0399. The third-order valence-corrected chi connectivity index (χ3v) is 3.57. The second-order valence-electron chi connectivity index (χ2n) is 5.10. The zero-order chi connectivity index (χ0) is 13.2. The van der Waals surface area contributed by atoms with Gasteiger partial charge in [-0.05, 0) is 12.3 Å². The molecule has 1 fully saturated rings. The molecule has 1 aliphatic heterocycles. The van der Waals surface area contributed by atoms with E-state index in [0.717, 1.165) is 29.7 Å². The summed E-state index contributed by atoms with van der Waals surface area (Å²) in [5.41, 5.74) is 7.13. The monoisotopic (exact) mass is 257 g/mol. The molecule has 1 aliphatic rings. The van der Waals surface area contributed by atoms with Gasteiger partial charge in [0.05, 0.1) is 13.2 Å². The Morgan fingerprint density at radius 2 is 2.11 bits per heavy atom. The molecule has 0 aliphatic carbocycles. The first kappa shape index (κ1) is 12.5. The standard InChI is InChI=1S/C16H19NO2/c1-11(17)14-7-6-12-4-2-3-5-15(12)16(14)19-13-8-9-18-10-13/h2-7,11,13H,8-10,17H2,1H3. The maximum atomic E-state index is 6.18. The van der Waals surface area contributed by atoms with E-state index in [1.807, 2.05) is 19.1 Å². The second-order valence-corrected chi connectivity index (χ2v) is 5.10. The first-order chi connectivity index (χ1) is 9.25. The van der Waals surface area contributed by atoms with Gasteiger partial charge in [0, 0.05) is 23.4 Å². The van der Waals surface area contributed by atoms with E-state index >= 15 is 0 Å². The Labute approximate surface area is 113 Å². The summed E-state index contributed by atoms with van der Waals surface area (Å²) in [5.74, 6) is 0.920. The normalized spacial score (nSPS) is 20.6. The smallest absolute Gasteiger partial charge is 0.132 e. The molecular weight excluding hydrogens is 238 g/mol. The molecule has 0 saturated carbocycles. The van der Waals surface area contributed by atoms with Gasteiger partial charge in [-0.15, -0.1) is 0 Å². The number of rotatable bonds is 3. The van der Waals surface area contributed by atoms with Crippen LogP contribution in [0.15, 0.2) is 36.4 Å². The summed E-state index contributed by atoms with van der Waals surface area (Å²) in [6.45, 7) is 3.44. The molecule has 0 radical (unpaired) electrons. The van der Waals surface area contributed by atoms with Gasteiger partial charge in [-0.25, -0.2) is 0 Å². The largest absolute Gasteiger partial charge is 0.487 e. The summed E-state index contributed by atoms with van der Waals surface area (Å²) in [7, 11) is 0. The van der Waals surface area contributed by atoms with E-state index in [1.54, 1.807) is 0 Å². The summed E-state index contributed by atoms with van der Waals surface area (Å²) in [6, 6.07) is 12.4. The van der Waals surface area contributed by atoms with Crippen LogP contribution in [0.5, 0.6) is 5.75 Å². The third kappa shape index (κ3) is 2.44. The minimum absolute atomic E-state index is 0.0399. The summed E-state index contributed by atoms with van der Waals surface area (Å²) in [5, 5.41) is 2.31. The van der Waals surface area contributed by atoms with Crippen molar-refractivity contribution in [1.29, 1.82) is 0 Å². The van der Waals surface area contributed by atoms with Crippen LogP contribution in [-0.2, 0) is 4.74 Å². The zero-order valence-corrected chi connectivity index (χ0v) is 11.1. The Balaban J connectivity index is 2.08. The van der Waals surface area contributed by atoms with E-state index < -0.39 is 0 Å². The van der Waals surface area contributed by atoms with Gasteiger partial charge in [-0.1, -0.05) is 36.4 Å². The molecule has 0 amide bonds. The lowest BCUT2D eigenvalue weighted by Gasteiger charge is -2.19. The van der Waals surface area contributed by atoms with Crippen LogP contribution in [0.25, 0.3) is 10.8 Å². The lowest BCUT2D eigenvalue weighted by molar-refractivity contribution is 0.141. The highest BCUT2D eigenvalue weighted by Crippen LogP contribution is 2.34. The molecule has 0 bridgehead atoms. The maximum absolute atomic E-state index is 6.18. The maximum Gasteiger partial charge on any atom is 0.132 e. The van der Waals surface area contributed by atoms with Gasteiger partial charge in [0.25, 0.3) is 0 Å². The van der Waals surface area contributed by atoms with Gasteiger partial charge in [-0.3, -0.25) is 0 Å². The van der Waals surface area contributed by atoms with E-state index in [9.17, 15) is 0 Å². The van der Waals surface area contributed by atoms with Crippen molar-refractivity contribution in [2.45, 2.75) is 25.5 Å². The van der Waals surface area contributed by atoms with E-state index in [2.05, 4.69) is 24.3 Å². The average molecular weight is 257 g/mol. The van der Waals surface area contributed by atoms with Crippen LogP contribution >= 0.6 is 0 Å². The molecule has 100 valence electrons. The van der Waals surface area contributed by atoms with Crippen molar-refractivity contribution >= 4 is 10.8 Å². The topological polar surface area (TPSA) is 44.5 Å². The van der Waals surface area contributed by atoms with Crippen molar-refractivity contribution in [2.75, 3.05) is 13.2 Å². The summed E-state index contributed by atoms with van der Waals surface area (Å²) >= 11 is 0. The average Bonchev–Trinajstić information content (AvgIpc) is 2.92. The number of hydrogen-bond donors (Lipinski definition) is 1. The van der Waals surface area contributed by atoms with Gasteiger partial charge in [0.1, 0.15) is 11.9 Å². The molecule has 2 unspecified atom stereocenters. The molecule has 0 aromatic heterocycles. The van der Waals surface area contributed by atoms with Crippen molar-refractivity contribution in [3.63, 3.8) is 0 Å². The Hall–Kier alpha value is -1.58. The molecular formula is C16H19NO2. The number of hydrogen-bond acceptors (Lipinski definition) is 3. The van der Waals surface area contributed by atoms with E-state index in [-0.39, 0.29) is 12.1 Å². The van der Waals surface area contributed by atoms with Crippen LogP contribution in [0.1, 0.15) is 24.9 Å². The van der Waals surface area contributed by atoms with Crippen LogP contribution in [-0.4, -0.2) is 19.3 Å². The number of fused-ring (bicyclic) bond motifs is 1. The molecule has 2 atom stereocenters. The fraction of sp³-hybridized carbons (Fsp3) is 0.375. The molecule has 2 aromatic carbocycles. The predicted molar refractivity (Wildman–Crippen MR) is 76.4 cm³/mol. The predicted octanol–water partition coefficient (Wildman–Crippen LogP) is 3.03. The fourth-order valence-electron chi connectivity index (χ4n) is 2.52. The highest BCUT2D eigenvalue weighted by atomic mass is 16.5. The summed E-state index contributed by atoms with van der Waals surface area (Å²) in [6.07, 6.45) is 1.09. The molecule has 3 heteroatoms. The molecule has 1 saturated heterocycles.